The summed E-state index contributed by atoms with van der Waals surface area (Å²) in [6, 6.07) is 0. The highest BCUT2D eigenvalue weighted by atomic mass is 31.2. The van der Waals surface area contributed by atoms with Gasteiger partial charge < -0.3 is 48.1 Å². The van der Waals surface area contributed by atoms with E-state index in [2.05, 4.69) is 0 Å². The molecule has 1 fully saturated rings. The minimum absolute atomic E-state index is 0.0137. The van der Waals surface area contributed by atoms with E-state index < -0.39 is 38.9 Å². The molecule has 0 bridgehead atoms. The van der Waals surface area contributed by atoms with Gasteiger partial charge in [0.05, 0.1) is 26.4 Å². The first-order valence-corrected chi connectivity index (χ1v) is 16.0. The van der Waals surface area contributed by atoms with Crippen molar-refractivity contribution in [3.8, 4) is 0 Å². The molecule has 0 aliphatic carbocycles. The third-order valence-electron chi connectivity index (χ3n) is 5.85. The van der Waals surface area contributed by atoms with Gasteiger partial charge in [-0.2, -0.15) is 0 Å². The van der Waals surface area contributed by atoms with Gasteiger partial charge in [-0.1, -0.05) is 0 Å². The Morgan fingerprint density at radius 3 is 1.08 bits per heavy atom. The summed E-state index contributed by atoms with van der Waals surface area (Å²) in [6.07, 6.45) is -3.84. The van der Waals surface area contributed by atoms with Gasteiger partial charge in [0.1, 0.15) is 0 Å². The number of hydrogen-bond donors (Lipinski definition) is 3. The standard InChI is InChI=1S/C21H42N4O12P2/c1-5-34-38(32,35-6-2)18(39(33,36-7-3)37-8-4)17-22-9-11-23(19(26)27)13-15-25(21(30)31)16-14-24(12-10-22)20(28)29/h18H,5-17H2,1-4H3,(H,26,27)(H,28,29)(H,30,31). The van der Waals surface area contributed by atoms with Crippen molar-refractivity contribution in [2.45, 2.75) is 33.1 Å². The fourth-order valence-electron chi connectivity index (χ4n) is 3.95. The van der Waals surface area contributed by atoms with E-state index in [1.807, 2.05) is 0 Å². The third kappa shape index (κ3) is 10.9. The monoisotopic (exact) mass is 604 g/mol. The van der Waals surface area contributed by atoms with Crippen LogP contribution in [0.3, 0.4) is 0 Å². The van der Waals surface area contributed by atoms with Crippen molar-refractivity contribution in [1.29, 1.82) is 0 Å². The van der Waals surface area contributed by atoms with Gasteiger partial charge in [-0.3, -0.25) is 14.0 Å². The lowest BCUT2D eigenvalue weighted by molar-refractivity contribution is 0.0978. The Kier molecular flexibility index (Phi) is 15.3. The Hall–Kier alpha value is -1.93. The molecule has 0 radical (unpaired) electrons. The van der Waals surface area contributed by atoms with E-state index in [-0.39, 0.29) is 85.3 Å². The van der Waals surface area contributed by atoms with Crippen LogP contribution in [0.4, 0.5) is 14.4 Å². The van der Waals surface area contributed by atoms with Crippen LogP contribution < -0.4 is 0 Å². The van der Waals surface area contributed by atoms with Gasteiger partial charge in [-0.25, -0.2) is 14.4 Å². The minimum atomic E-state index is -4.11. The summed E-state index contributed by atoms with van der Waals surface area (Å²) in [5.41, 5.74) is 0. The fraction of sp³-hybridized carbons (Fsp3) is 0.857. The van der Waals surface area contributed by atoms with Gasteiger partial charge >= 0.3 is 33.5 Å². The van der Waals surface area contributed by atoms with Gasteiger partial charge in [-0.15, -0.1) is 0 Å². The molecule has 3 amide bonds. The smallest absolute Gasteiger partial charge is 0.407 e. The highest BCUT2D eigenvalue weighted by molar-refractivity contribution is 7.72. The molecule has 1 saturated heterocycles. The summed E-state index contributed by atoms with van der Waals surface area (Å²) in [5.74, 6) is 0. The molecule has 0 atom stereocenters. The van der Waals surface area contributed by atoms with Crippen LogP contribution in [-0.4, -0.2) is 144 Å². The van der Waals surface area contributed by atoms with E-state index in [1.165, 1.54) is 0 Å². The Balaban J connectivity index is 3.46. The SMILES string of the molecule is CCOP(=O)(OCC)C(CN1CCN(C(=O)O)CCN(C(=O)O)CCN(C(=O)O)CC1)P(=O)(OCC)OCC. The second-order valence-electron chi connectivity index (χ2n) is 8.34. The predicted octanol–water partition coefficient (Wildman–Crippen LogP) is 3.10. The van der Waals surface area contributed by atoms with E-state index >= 15 is 0 Å². The van der Waals surface area contributed by atoms with E-state index in [0.717, 1.165) is 14.7 Å². The van der Waals surface area contributed by atoms with Gasteiger partial charge in [0.15, 0.2) is 5.40 Å². The maximum Gasteiger partial charge on any atom is 0.407 e. The maximum absolute atomic E-state index is 13.9. The number of amides is 3. The van der Waals surface area contributed by atoms with Crippen molar-refractivity contribution < 1.29 is 56.9 Å². The maximum atomic E-state index is 13.9. The quantitative estimate of drug-likeness (QED) is 0.275. The first kappa shape index (κ1) is 35.1. The fourth-order valence-corrected chi connectivity index (χ4v) is 9.28. The van der Waals surface area contributed by atoms with Crippen molar-refractivity contribution in [3.63, 3.8) is 0 Å². The molecular formula is C21H42N4O12P2. The molecule has 0 aromatic rings. The number of carbonyl (C=O) groups is 3. The Bertz CT molecular complexity index is 815. The van der Waals surface area contributed by atoms with Crippen molar-refractivity contribution in [2.75, 3.05) is 85.3 Å². The lowest BCUT2D eigenvalue weighted by atomic mass is 10.3. The normalized spacial score (nSPS) is 17.1. The van der Waals surface area contributed by atoms with E-state index in [4.69, 9.17) is 18.1 Å². The second-order valence-corrected chi connectivity index (χ2v) is 13.2. The van der Waals surface area contributed by atoms with Crippen LogP contribution in [0.1, 0.15) is 27.7 Å². The van der Waals surface area contributed by atoms with Crippen LogP contribution in [0.2, 0.25) is 0 Å². The van der Waals surface area contributed by atoms with E-state index in [9.17, 15) is 38.8 Å². The molecule has 0 unspecified atom stereocenters. The molecule has 1 heterocycles. The van der Waals surface area contributed by atoms with Crippen molar-refractivity contribution in [3.05, 3.63) is 0 Å². The average Bonchev–Trinajstić information content (AvgIpc) is 2.83. The summed E-state index contributed by atoms with van der Waals surface area (Å²) < 4.78 is 49.9. The van der Waals surface area contributed by atoms with Gasteiger partial charge in [0.25, 0.3) is 0 Å². The number of rotatable bonds is 12. The summed E-state index contributed by atoms with van der Waals surface area (Å²) in [6.45, 7) is 5.28. The van der Waals surface area contributed by atoms with Crippen LogP contribution in [0.25, 0.3) is 0 Å². The first-order chi connectivity index (χ1) is 18.4. The molecule has 1 rings (SSSR count). The largest absolute Gasteiger partial charge is 0.465 e. The molecule has 16 nitrogen and oxygen atoms in total. The highest BCUT2D eigenvalue weighted by Crippen LogP contribution is 2.70. The molecule has 1 aliphatic heterocycles. The van der Waals surface area contributed by atoms with Crippen LogP contribution >= 0.6 is 15.2 Å². The molecule has 3 N–H and O–H groups in total. The topological polar surface area (TPSA) is 196 Å². The lowest BCUT2D eigenvalue weighted by Gasteiger charge is -2.36. The van der Waals surface area contributed by atoms with E-state index in [1.54, 1.807) is 32.6 Å². The molecule has 39 heavy (non-hydrogen) atoms. The molecular weight excluding hydrogens is 562 g/mol. The van der Waals surface area contributed by atoms with E-state index in [0.29, 0.717) is 0 Å². The molecule has 18 heteroatoms. The first-order valence-electron chi connectivity index (χ1n) is 12.8. The zero-order valence-corrected chi connectivity index (χ0v) is 24.8. The van der Waals surface area contributed by atoms with Gasteiger partial charge in [0.2, 0.25) is 0 Å². The Morgan fingerprint density at radius 2 is 0.846 bits per heavy atom. The number of nitrogens with zero attached hydrogens (tertiary/aromatic N) is 4. The number of hydrogen-bond acceptors (Lipinski definition) is 10. The molecule has 0 saturated carbocycles. The minimum Gasteiger partial charge on any atom is -0.465 e. The van der Waals surface area contributed by atoms with Crippen LogP contribution in [0, 0.1) is 0 Å². The summed E-state index contributed by atoms with van der Waals surface area (Å²) in [5, 5.41) is 27.4. The Labute approximate surface area is 228 Å². The summed E-state index contributed by atoms with van der Waals surface area (Å²) in [7, 11) is -8.22. The zero-order valence-electron chi connectivity index (χ0n) is 23.0. The predicted molar refractivity (Wildman–Crippen MR) is 141 cm³/mol. The zero-order chi connectivity index (χ0) is 29.6. The summed E-state index contributed by atoms with van der Waals surface area (Å²) >= 11 is 0. The third-order valence-corrected chi connectivity index (χ3v) is 11.8. The second kappa shape index (κ2) is 17.0. The van der Waals surface area contributed by atoms with Crippen LogP contribution in [0.15, 0.2) is 0 Å². The molecule has 0 spiro atoms. The molecule has 0 aromatic heterocycles. The van der Waals surface area contributed by atoms with Crippen molar-refractivity contribution in [1.82, 2.24) is 19.6 Å². The number of carboxylic acid groups (broad SMARTS) is 3. The Morgan fingerprint density at radius 1 is 0.590 bits per heavy atom. The van der Waals surface area contributed by atoms with Gasteiger partial charge in [-0.05, 0) is 27.7 Å². The lowest BCUT2D eigenvalue weighted by Crippen LogP contribution is -2.50. The van der Waals surface area contributed by atoms with Crippen LogP contribution in [0.5, 0.6) is 0 Å². The molecule has 0 aromatic carbocycles. The summed E-state index contributed by atoms with van der Waals surface area (Å²) in [4.78, 5) is 39.9. The van der Waals surface area contributed by atoms with Crippen molar-refractivity contribution >= 4 is 33.5 Å². The van der Waals surface area contributed by atoms with Gasteiger partial charge in [0, 0.05) is 58.9 Å². The molecule has 228 valence electrons. The van der Waals surface area contributed by atoms with Crippen molar-refractivity contribution in [2.24, 2.45) is 0 Å². The van der Waals surface area contributed by atoms with Crippen LogP contribution in [-0.2, 0) is 27.2 Å². The molecule has 1 aliphatic rings. The highest BCUT2D eigenvalue weighted by Gasteiger charge is 2.51. The average molecular weight is 605 g/mol.